The van der Waals surface area contributed by atoms with Gasteiger partial charge in [-0.3, -0.25) is 14.9 Å². The van der Waals surface area contributed by atoms with Gasteiger partial charge in [-0.1, -0.05) is 6.07 Å². The molecule has 1 aliphatic heterocycles. The molecule has 1 aromatic rings. The van der Waals surface area contributed by atoms with Crippen LogP contribution in [0.25, 0.3) is 0 Å². The van der Waals surface area contributed by atoms with E-state index in [1.165, 1.54) is 18.2 Å². The summed E-state index contributed by atoms with van der Waals surface area (Å²) >= 11 is 0. The van der Waals surface area contributed by atoms with Crippen molar-refractivity contribution in [3.05, 3.63) is 34.4 Å². The fourth-order valence-corrected chi connectivity index (χ4v) is 2.08. The maximum atomic E-state index is 12.0. The van der Waals surface area contributed by atoms with Gasteiger partial charge >= 0.3 is 0 Å². The molecule has 2 rings (SSSR count). The third kappa shape index (κ3) is 4.87. The maximum absolute atomic E-state index is 12.0. The summed E-state index contributed by atoms with van der Waals surface area (Å²) in [7, 11) is 0. The van der Waals surface area contributed by atoms with Crippen molar-refractivity contribution in [2.24, 2.45) is 0 Å². The Kier molecular flexibility index (Phi) is 6.39. The number of nitrogens with zero attached hydrogens (tertiary/aromatic N) is 2. The largest absolute Gasteiger partial charge is 0.484 e. The van der Waals surface area contributed by atoms with Crippen molar-refractivity contribution >= 4 is 24.0 Å². The van der Waals surface area contributed by atoms with Crippen LogP contribution in [0.15, 0.2) is 24.3 Å². The molecule has 1 fully saturated rings. The number of ether oxygens (including phenoxy) is 1. The van der Waals surface area contributed by atoms with Gasteiger partial charge in [0, 0.05) is 31.7 Å². The van der Waals surface area contributed by atoms with Crippen LogP contribution in [0.2, 0.25) is 0 Å². The van der Waals surface area contributed by atoms with Crippen LogP contribution in [0, 0.1) is 10.1 Å². The van der Waals surface area contributed by atoms with Crippen LogP contribution in [0.4, 0.5) is 5.69 Å². The van der Waals surface area contributed by atoms with E-state index in [1.807, 2.05) is 6.92 Å². The molecule has 21 heavy (non-hydrogen) atoms. The van der Waals surface area contributed by atoms with E-state index in [1.54, 1.807) is 11.0 Å². The van der Waals surface area contributed by atoms with E-state index in [9.17, 15) is 14.9 Å². The van der Waals surface area contributed by atoms with E-state index in [-0.39, 0.29) is 36.7 Å². The standard InChI is InChI=1S/C13H17N3O4.ClH/c1-10-8-15(6-5-14-10)13(17)9-20-12-4-2-3-11(7-12)16(18)19;/h2-4,7,10,14H,5-6,8-9H2,1H3;1H. The van der Waals surface area contributed by atoms with Gasteiger partial charge in [0.05, 0.1) is 11.0 Å². The number of hydrogen-bond acceptors (Lipinski definition) is 5. The van der Waals surface area contributed by atoms with Gasteiger partial charge in [0.1, 0.15) is 5.75 Å². The van der Waals surface area contributed by atoms with Gasteiger partial charge in [-0.05, 0) is 13.0 Å². The Hall–Kier alpha value is -1.86. The number of carbonyl (C=O) groups excluding carboxylic acids is 1. The quantitative estimate of drug-likeness (QED) is 0.667. The van der Waals surface area contributed by atoms with Crippen LogP contribution in [-0.2, 0) is 4.79 Å². The predicted octanol–water partition coefficient (Wildman–Crippen LogP) is 1.22. The van der Waals surface area contributed by atoms with E-state index in [0.29, 0.717) is 18.8 Å². The van der Waals surface area contributed by atoms with Gasteiger partial charge in [-0.2, -0.15) is 0 Å². The zero-order valence-electron chi connectivity index (χ0n) is 11.7. The molecule has 0 saturated carbocycles. The molecule has 8 heteroatoms. The fourth-order valence-electron chi connectivity index (χ4n) is 2.08. The number of nitro groups is 1. The first-order chi connectivity index (χ1) is 9.56. The zero-order valence-corrected chi connectivity index (χ0v) is 12.5. The number of piperazine rings is 1. The van der Waals surface area contributed by atoms with Crippen molar-refractivity contribution in [2.75, 3.05) is 26.2 Å². The molecule has 0 aromatic heterocycles. The lowest BCUT2D eigenvalue weighted by Gasteiger charge is -2.31. The number of rotatable bonds is 4. The van der Waals surface area contributed by atoms with E-state index in [4.69, 9.17) is 4.74 Å². The Morgan fingerprint density at radius 3 is 3.00 bits per heavy atom. The number of carbonyl (C=O) groups is 1. The van der Waals surface area contributed by atoms with Crippen molar-refractivity contribution in [2.45, 2.75) is 13.0 Å². The fraction of sp³-hybridized carbons (Fsp3) is 0.462. The third-order valence-electron chi connectivity index (χ3n) is 3.11. The van der Waals surface area contributed by atoms with Crippen LogP contribution < -0.4 is 10.1 Å². The van der Waals surface area contributed by atoms with E-state index < -0.39 is 4.92 Å². The van der Waals surface area contributed by atoms with Gasteiger partial charge in [-0.25, -0.2) is 0 Å². The second kappa shape index (κ2) is 7.80. The molecule has 0 aliphatic carbocycles. The van der Waals surface area contributed by atoms with Gasteiger partial charge in [0.15, 0.2) is 6.61 Å². The topological polar surface area (TPSA) is 84.7 Å². The van der Waals surface area contributed by atoms with Crippen LogP contribution in [0.5, 0.6) is 5.75 Å². The molecular formula is C13H18ClN3O4. The monoisotopic (exact) mass is 315 g/mol. The molecule has 1 amide bonds. The molecule has 1 unspecified atom stereocenters. The highest BCUT2D eigenvalue weighted by atomic mass is 35.5. The number of benzene rings is 1. The molecule has 1 N–H and O–H groups in total. The van der Waals surface area contributed by atoms with Crippen molar-refractivity contribution in [3.63, 3.8) is 0 Å². The molecule has 0 bridgehead atoms. The van der Waals surface area contributed by atoms with Gasteiger partial charge in [0.25, 0.3) is 11.6 Å². The Labute approximate surface area is 128 Å². The lowest BCUT2D eigenvalue weighted by molar-refractivity contribution is -0.384. The summed E-state index contributed by atoms with van der Waals surface area (Å²) < 4.78 is 5.33. The van der Waals surface area contributed by atoms with E-state index >= 15 is 0 Å². The van der Waals surface area contributed by atoms with Crippen LogP contribution >= 0.6 is 12.4 Å². The Balaban J connectivity index is 0.00000220. The molecule has 1 heterocycles. The Morgan fingerprint density at radius 2 is 2.33 bits per heavy atom. The molecular weight excluding hydrogens is 298 g/mol. The average Bonchev–Trinajstić information content (AvgIpc) is 2.45. The average molecular weight is 316 g/mol. The summed E-state index contributed by atoms with van der Waals surface area (Å²) in [6.07, 6.45) is 0. The summed E-state index contributed by atoms with van der Waals surface area (Å²) in [5.41, 5.74) is -0.0502. The molecule has 0 radical (unpaired) electrons. The minimum atomic E-state index is -0.493. The third-order valence-corrected chi connectivity index (χ3v) is 3.11. The first-order valence-corrected chi connectivity index (χ1v) is 6.44. The SMILES string of the molecule is CC1CN(C(=O)COc2cccc([N+](=O)[O-])c2)CCN1.Cl. The summed E-state index contributed by atoms with van der Waals surface area (Å²) in [6.45, 7) is 3.98. The van der Waals surface area contributed by atoms with E-state index in [0.717, 1.165) is 6.54 Å². The highest BCUT2D eigenvalue weighted by Crippen LogP contribution is 2.19. The van der Waals surface area contributed by atoms with Crippen LogP contribution in [0.3, 0.4) is 0 Å². The van der Waals surface area contributed by atoms with Crippen molar-refractivity contribution in [3.8, 4) is 5.75 Å². The highest BCUT2D eigenvalue weighted by molar-refractivity contribution is 5.85. The summed E-state index contributed by atoms with van der Waals surface area (Å²) in [5.74, 6) is 0.223. The Bertz CT molecular complexity index is 512. The van der Waals surface area contributed by atoms with Crippen LogP contribution in [0.1, 0.15) is 6.92 Å². The molecule has 1 aromatic carbocycles. The molecule has 1 saturated heterocycles. The van der Waals surface area contributed by atoms with Gasteiger partial charge < -0.3 is 15.0 Å². The Morgan fingerprint density at radius 1 is 1.57 bits per heavy atom. The smallest absolute Gasteiger partial charge is 0.273 e. The number of non-ortho nitro benzene ring substituents is 1. The minimum absolute atomic E-state index is 0. The molecule has 1 atom stereocenters. The summed E-state index contributed by atoms with van der Waals surface area (Å²) in [5, 5.41) is 13.9. The summed E-state index contributed by atoms with van der Waals surface area (Å²) in [4.78, 5) is 23.9. The second-order valence-corrected chi connectivity index (χ2v) is 4.74. The predicted molar refractivity (Wildman–Crippen MR) is 79.9 cm³/mol. The van der Waals surface area contributed by atoms with Crippen molar-refractivity contribution in [1.82, 2.24) is 10.2 Å². The zero-order chi connectivity index (χ0) is 14.5. The molecule has 1 aliphatic rings. The normalized spacial score (nSPS) is 17.8. The van der Waals surface area contributed by atoms with E-state index in [2.05, 4.69) is 5.32 Å². The lowest BCUT2D eigenvalue weighted by Crippen LogP contribution is -2.52. The number of halogens is 1. The second-order valence-electron chi connectivity index (χ2n) is 4.74. The first-order valence-electron chi connectivity index (χ1n) is 6.44. The molecule has 116 valence electrons. The maximum Gasteiger partial charge on any atom is 0.273 e. The number of hydrogen-bond donors (Lipinski definition) is 1. The van der Waals surface area contributed by atoms with Crippen LogP contribution in [-0.4, -0.2) is 48.0 Å². The molecule has 0 spiro atoms. The number of nitrogens with one attached hydrogen (secondary N) is 1. The van der Waals surface area contributed by atoms with Crippen molar-refractivity contribution in [1.29, 1.82) is 0 Å². The number of nitro benzene ring substituents is 1. The summed E-state index contributed by atoms with van der Waals surface area (Å²) in [6, 6.07) is 6.09. The highest BCUT2D eigenvalue weighted by Gasteiger charge is 2.20. The minimum Gasteiger partial charge on any atom is -0.484 e. The van der Waals surface area contributed by atoms with Gasteiger partial charge in [-0.15, -0.1) is 12.4 Å². The van der Waals surface area contributed by atoms with Gasteiger partial charge in [0.2, 0.25) is 0 Å². The van der Waals surface area contributed by atoms with Crippen molar-refractivity contribution < 1.29 is 14.5 Å². The number of amides is 1. The molecule has 7 nitrogen and oxygen atoms in total. The first kappa shape index (κ1) is 17.2. The lowest BCUT2D eigenvalue weighted by atomic mass is 10.2.